The van der Waals surface area contributed by atoms with Crippen LogP contribution in [0.4, 0.5) is 8.78 Å². The summed E-state index contributed by atoms with van der Waals surface area (Å²) in [7, 11) is 0. The minimum Gasteiger partial charge on any atom is -0.270 e. The second kappa shape index (κ2) is 4.52. The maximum atomic E-state index is 13.6. The van der Waals surface area contributed by atoms with Crippen molar-refractivity contribution in [2.45, 2.75) is 6.54 Å². The van der Waals surface area contributed by atoms with Crippen LogP contribution in [-0.2, 0) is 6.54 Å². The van der Waals surface area contributed by atoms with E-state index in [2.05, 4.69) is 0 Å². The van der Waals surface area contributed by atoms with Crippen molar-refractivity contribution in [1.82, 2.24) is 4.90 Å². The molecule has 0 radical (unpaired) electrons. The van der Waals surface area contributed by atoms with Crippen molar-refractivity contribution in [2.75, 3.05) is 0 Å². The molecule has 0 saturated carbocycles. The van der Waals surface area contributed by atoms with Gasteiger partial charge in [-0.1, -0.05) is 12.1 Å². The lowest BCUT2D eigenvalue weighted by Crippen LogP contribution is -2.29. The Balaban J connectivity index is 1.96. The van der Waals surface area contributed by atoms with Crippen LogP contribution in [-0.4, -0.2) is 16.7 Å². The molecule has 0 unspecified atom stereocenters. The molecular formula is C15H9F2NO2. The van der Waals surface area contributed by atoms with Gasteiger partial charge >= 0.3 is 0 Å². The molecule has 3 rings (SSSR count). The first-order chi connectivity index (χ1) is 9.58. The molecule has 2 aromatic rings. The Labute approximate surface area is 113 Å². The summed E-state index contributed by atoms with van der Waals surface area (Å²) in [5.74, 6) is -2.25. The first kappa shape index (κ1) is 12.5. The monoisotopic (exact) mass is 273 g/mol. The van der Waals surface area contributed by atoms with Crippen LogP contribution >= 0.6 is 0 Å². The van der Waals surface area contributed by atoms with Crippen LogP contribution in [0.25, 0.3) is 0 Å². The first-order valence-corrected chi connectivity index (χ1v) is 5.97. The number of carbonyl (C=O) groups excluding carboxylic acids is 2. The van der Waals surface area contributed by atoms with Crippen molar-refractivity contribution >= 4 is 11.8 Å². The highest BCUT2D eigenvalue weighted by molar-refractivity contribution is 6.21. The summed E-state index contributed by atoms with van der Waals surface area (Å²) in [6.07, 6.45) is 0. The number of hydrogen-bond acceptors (Lipinski definition) is 2. The lowest BCUT2D eigenvalue weighted by atomic mass is 10.1. The Bertz CT molecular complexity index is 693. The average molecular weight is 273 g/mol. The van der Waals surface area contributed by atoms with Gasteiger partial charge in [-0.15, -0.1) is 0 Å². The van der Waals surface area contributed by atoms with Gasteiger partial charge in [-0.2, -0.15) is 0 Å². The summed E-state index contributed by atoms with van der Waals surface area (Å²) in [5, 5.41) is 0. The van der Waals surface area contributed by atoms with Gasteiger partial charge in [0.15, 0.2) is 0 Å². The summed E-state index contributed by atoms with van der Waals surface area (Å²) in [4.78, 5) is 25.1. The fraction of sp³-hybridized carbons (Fsp3) is 0.0667. The molecule has 1 aliphatic heterocycles. The van der Waals surface area contributed by atoms with E-state index in [9.17, 15) is 18.4 Å². The number of nitrogens with zero attached hydrogens (tertiary/aromatic N) is 1. The molecule has 5 heteroatoms. The number of rotatable bonds is 2. The molecule has 2 amide bonds. The van der Waals surface area contributed by atoms with Gasteiger partial charge < -0.3 is 0 Å². The second-order valence-corrected chi connectivity index (χ2v) is 4.48. The Morgan fingerprint density at radius 1 is 0.900 bits per heavy atom. The van der Waals surface area contributed by atoms with Gasteiger partial charge in [0.25, 0.3) is 11.8 Å². The van der Waals surface area contributed by atoms with E-state index in [4.69, 9.17) is 0 Å². The normalized spacial score (nSPS) is 13.8. The maximum absolute atomic E-state index is 13.6. The molecule has 0 saturated heterocycles. The standard InChI is InChI=1S/C15H9F2NO2/c16-10-5-6-13(17)9(7-10)8-18-14(19)11-3-1-2-4-12(11)15(18)20/h1-7H,8H2. The Morgan fingerprint density at radius 3 is 2.10 bits per heavy atom. The molecule has 0 bridgehead atoms. The van der Waals surface area contributed by atoms with Crippen LogP contribution in [0.5, 0.6) is 0 Å². The van der Waals surface area contributed by atoms with Crippen LogP contribution < -0.4 is 0 Å². The molecule has 0 aromatic heterocycles. The highest BCUT2D eigenvalue weighted by Gasteiger charge is 2.35. The largest absolute Gasteiger partial charge is 0.270 e. The lowest BCUT2D eigenvalue weighted by molar-refractivity contribution is 0.0641. The van der Waals surface area contributed by atoms with Crippen LogP contribution in [0.2, 0.25) is 0 Å². The van der Waals surface area contributed by atoms with Crippen molar-refractivity contribution in [3.63, 3.8) is 0 Å². The second-order valence-electron chi connectivity index (χ2n) is 4.48. The maximum Gasteiger partial charge on any atom is 0.261 e. The Morgan fingerprint density at radius 2 is 1.50 bits per heavy atom. The van der Waals surface area contributed by atoms with Crippen molar-refractivity contribution in [2.24, 2.45) is 0 Å². The predicted molar refractivity (Wildman–Crippen MR) is 67.0 cm³/mol. The summed E-state index contributed by atoms with van der Waals surface area (Å²) in [6.45, 7) is -0.282. The zero-order chi connectivity index (χ0) is 14.3. The highest BCUT2D eigenvalue weighted by atomic mass is 19.1. The van der Waals surface area contributed by atoms with E-state index in [-0.39, 0.29) is 23.2 Å². The van der Waals surface area contributed by atoms with Crippen molar-refractivity contribution in [3.05, 3.63) is 70.8 Å². The van der Waals surface area contributed by atoms with E-state index >= 15 is 0 Å². The van der Waals surface area contributed by atoms with Gasteiger partial charge in [-0.3, -0.25) is 14.5 Å². The molecule has 0 N–H and O–H groups in total. The average Bonchev–Trinajstić information content (AvgIpc) is 2.68. The molecule has 1 heterocycles. The molecular weight excluding hydrogens is 264 g/mol. The molecule has 100 valence electrons. The topological polar surface area (TPSA) is 37.4 Å². The third-order valence-corrected chi connectivity index (χ3v) is 3.21. The summed E-state index contributed by atoms with van der Waals surface area (Å²) in [6, 6.07) is 9.32. The van der Waals surface area contributed by atoms with E-state index in [0.717, 1.165) is 23.1 Å². The quantitative estimate of drug-likeness (QED) is 0.789. The third kappa shape index (κ3) is 1.87. The van der Waals surface area contributed by atoms with Crippen molar-refractivity contribution < 1.29 is 18.4 Å². The Kier molecular flexibility index (Phi) is 2.82. The Hall–Kier alpha value is -2.56. The molecule has 3 nitrogen and oxygen atoms in total. The van der Waals surface area contributed by atoms with Crippen LogP contribution in [0.3, 0.4) is 0 Å². The van der Waals surface area contributed by atoms with Gasteiger partial charge in [0, 0.05) is 5.56 Å². The first-order valence-electron chi connectivity index (χ1n) is 5.97. The van der Waals surface area contributed by atoms with Crippen molar-refractivity contribution in [1.29, 1.82) is 0 Å². The number of hydrogen-bond donors (Lipinski definition) is 0. The number of halogens is 2. The van der Waals surface area contributed by atoms with E-state index < -0.39 is 23.4 Å². The summed E-state index contributed by atoms with van der Waals surface area (Å²) < 4.78 is 26.7. The number of carbonyl (C=O) groups is 2. The molecule has 2 aromatic carbocycles. The van der Waals surface area contributed by atoms with E-state index in [1.54, 1.807) is 12.1 Å². The summed E-state index contributed by atoms with van der Waals surface area (Å²) >= 11 is 0. The number of amides is 2. The number of benzene rings is 2. The fourth-order valence-electron chi connectivity index (χ4n) is 2.22. The smallest absolute Gasteiger partial charge is 0.261 e. The molecule has 0 aliphatic carbocycles. The molecule has 0 spiro atoms. The third-order valence-electron chi connectivity index (χ3n) is 3.21. The van der Waals surface area contributed by atoms with E-state index in [0.29, 0.717) is 0 Å². The predicted octanol–water partition coefficient (Wildman–Crippen LogP) is 2.76. The van der Waals surface area contributed by atoms with Crippen LogP contribution in [0.1, 0.15) is 26.3 Å². The minimum atomic E-state index is -0.650. The van der Waals surface area contributed by atoms with Gasteiger partial charge in [-0.25, -0.2) is 8.78 Å². The van der Waals surface area contributed by atoms with Gasteiger partial charge in [0.2, 0.25) is 0 Å². The van der Waals surface area contributed by atoms with E-state index in [1.165, 1.54) is 12.1 Å². The van der Waals surface area contributed by atoms with Crippen molar-refractivity contribution in [3.8, 4) is 0 Å². The SMILES string of the molecule is O=C1c2ccccc2C(=O)N1Cc1cc(F)ccc1F. The van der Waals surface area contributed by atoms with Gasteiger partial charge in [-0.05, 0) is 30.3 Å². The molecule has 0 atom stereocenters. The van der Waals surface area contributed by atoms with Crippen LogP contribution in [0, 0.1) is 11.6 Å². The van der Waals surface area contributed by atoms with E-state index in [1.807, 2.05) is 0 Å². The lowest BCUT2D eigenvalue weighted by Gasteiger charge is -2.14. The zero-order valence-corrected chi connectivity index (χ0v) is 10.3. The molecule has 20 heavy (non-hydrogen) atoms. The van der Waals surface area contributed by atoms with Gasteiger partial charge in [0.1, 0.15) is 11.6 Å². The zero-order valence-electron chi connectivity index (χ0n) is 10.3. The molecule has 1 aliphatic rings. The van der Waals surface area contributed by atoms with Gasteiger partial charge in [0.05, 0.1) is 17.7 Å². The van der Waals surface area contributed by atoms with Crippen LogP contribution in [0.15, 0.2) is 42.5 Å². The highest BCUT2D eigenvalue weighted by Crippen LogP contribution is 2.25. The fourth-order valence-corrected chi connectivity index (χ4v) is 2.22. The number of fused-ring (bicyclic) bond motifs is 1. The minimum absolute atomic E-state index is 0.0282. The number of imide groups is 1. The molecule has 0 fully saturated rings. The summed E-state index contributed by atoms with van der Waals surface area (Å²) in [5.41, 5.74) is 0.545.